The van der Waals surface area contributed by atoms with Crippen LogP contribution in [0.4, 0.5) is 0 Å². The molecule has 0 spiro atoms. The number of aromatic nitrogens is 2. The molecule has 2 heterocycles. The summed E-state index contributed by atoms with van der Waals surface area (Å²) in [5, 5.41) is 3.37. The number of hydrogen-bond donors (Lipinski definition) is 1. The first-order chi connectivity index (χ1) is 6.97. The fraction of sp³-hybridized carbons (Fsp3) is 0.750. The van der Waals surface area contributed by atoms with Gasteiger partial charge in [0.25, 0.3) is 0 Å². The van der Waals surface area contributed by atoms with Crippen LogP contribution in [-0.2, 0) is 26.4 Å². The molecule has 2 rings (SSSR count). The van der Waals surface area contributed by atoms with Gasteiger partial charge in [0.15, 0.2) is 0 Å². The molecule has 1 aromatic rings. The van der Waals surface area contributed by atoms with Gasteiger partial charge in [0.1, 0.15) is 5.82 Å². The highest BCUT2D eigenvalue weighted by molar-refractivity contribution is 5.20. The zero-order valence-corrected chi connectivity index (χ0v) is 10.2. The van der Waals surface area contributed by atoms with Crippen LogP contribution in [0.2, 0.25) is 0 Å². The van der Waals surface area contributed by atoms with Crippen molar-refractivity contribution >= 4 is 0 Å². The molecule has 3 nitrogen and oxygen atoms in total. The predicted octanol–water partition coefficient (Wildman–Crippen LogP) is 1.65. The van der Waals surface area contributed by atoms with E-state index >= 15 is 0 Å². The maximum Gasteiger partial charge on any atom is 0.109 e. The average Bonchev–Trinajstić information content (AvgIpc) is 2.42. The van der Waals surface area contributed by atoms with Gasteiger partial charge in [0.05, 0.1) is 5.69 Å². The number of hydrogen-bond acceptors (Lipinski definition) is 2. The maximum absolute atomic E-state index is 4.74. The van der Waals surface area contributed by atoms with Crippen molar-refractivity contribution in [2.45, 2.75) is 40.2 Å². The van der Waals surface area contributed by atoms with E-state index in [9.17, 15) is 0 Å². The lowest BCUT2D eigenvalue weighted by Crippen LogP contribution is -2.24. The minimum atomic E-state index is 0.315. The molecule has 1 aromatic heterocycles. The van der Waals surface area contributed by atoms with Gasteiger partial charge in [-0.05, 0) is 5.41 Å². The van der Waals surface area contributed by atoms with E-state index in [2.05, 4.69) is 37.7 Å². The first-order valence-corrected chi connectivity index (χ1v) is 5.71. The van der Waals surface area contributed by atoms with Crippen molar-refractivity contribution in [3.63, 3.8) is 0 Å². The van der Waals surface area contributed by atoms with Crippen LogP contribution in [0, 0.1) is 5.41 Å². The third-order valence-corrected chi connectivity index (χ3v) is 2.91. The minimum Gasteiger partial charge on any atom is -0.335 e. The van der Waals surface area contributed by atoms with Gasteiger partial charge in [-0.2, -0.15) is 0 Å². The lowest BCUT2D eigenvalue weighted by atomic mass is 9.92. The Balaban J connectivity index is 2.29. The van der Waals surface area contributed by atoms with Gasteiger partial charge in [0, 0.05) is 38.7 Å². The highest BCUT2D eigenvalue weighted by Crippen LogP contribution is 2.22. The van der Waals surface area contributed by atoms with Crippen molar-refractivity contribution in [2.24, 2.45) is 12.5 Å². The molecule has 1 aliphatic heterocycles. The second-order valence-corrected chi connectivity index (χ2v) is 5.64. The molecule has 1 aliphatic rings. The van der Waals surface area contributed by atoms with Gasteiger partial charge in [-0.1, -0.05) is 20.8 Å². The maximum atomic E-state index is 4.74. The van der Waals surface area contributed by atoms with E-state index < -0.39 is 0 Å². The molecule has 0 saturated carbocycles. The molecule has 0 aliphatic carbocycles. The van der Waals surface area contributed by atoms with Crippen molar-refractivity contribution in [2.75, 3.05) is 6.54 Å². The SMILES string of the molecule is Cn1c(CC(C)(C)C)nc2c1CCNC2. The highest BCUT2D eigenvalue weighted by Gasteiger charge is 2.21. The summed E-state index contributed by atoms with van der Waals surface area (Å²) in [6.45, 7) is 8.81. The number of nitrogens with zero attached hydrogens (tertiary/aromatic N) is 2. The van der Waals surface area contributed by atoms with Gasteiger partial charge in [-0.3, -0.25) is 0 Å². The molecule has 3 heteroatoms. The van der Waals surface area contributed by atoms with E-state index in [1.165, 1.54) is 17.2 Å². The van der Waals surface area contributed by atoms with E-state index in [1.807, 2.05) is 0 Å². The Kier molecular flexibility index (Phi) is 2.59. The summed E-state index contributed by atoms with van der Waals surface area (Å²) in [6.07, 6.45) is 2.17. The fourth-order valence-corrected chi connectivity index (χ4v) is 2.14. The van der Waals surface area contributed by atoms with Gasteiger partial charge in [0.2, 0.25) is 0 Å². The van der Waals surface area contributed by atoms with E-state index in [0.29, 0.717) is 5.41 Å². The number of nitrogens with one attached hydrogen (secondary N) is 1. The largest absolute Gasteiger partial charge is 0.335 e. The van der Waals surface area contributed by atoms with Crippen LogP contribution in [0.15, 0.2) is 0 Å². The fourth-order valence-electron chi connectivity index (χ4n) is 2.14. The third kappa shape index (κ3) is 2.23. The second kappa shape index (κ2) is 3.63. The Morgan fingerprint density at radius 2 is 2.13 bits per heavy atom. The summed E-state index contributed by atoms with van der Waals surface area (Å²) in [5.74, 6) is 1.23. The summed E-state index contributed by atoms with van der Waals surface area (Å²) in [4.78, 5) is 4.74. The molecular weight excluding hydrogens is 186 g/mol. The lowest BCUT2D eigenvalue weighted by Gasteiger charge is -2.18. The Labute approximate surface area is 91.9 Å². The predicted molar refractivity (Wildman–Crippen MR) is 61.8 cm³/mol. The Morgan fingerprint density at radius 1 is 1.40 bits per heavy atom. The first-order valence-electron chi connectivity index (χ1n) is 5.71. The molecule has 0 aromatic carbocycles. The summed E-state index contributed by atoms with van der Waals surface area (Å²) >= 11 is 0. The molecule has 84 valence electrons. The zero-order valence-electron chi connectivity index (χ0n) is 10.2. The molecular formula is C12H21N3. The van der Waals surface area contributed by atoms with E-state index in [-0.39, 0.29) is 0 Å². The van der Waals surface area contributed by atoms with E-state index in [1.54, 1.807) is 0 Å². The molecule has 0 radical (unpaired) electrons. The van der Waals surface area contributed by atoms with Crippen molar-refractivity contribution < 1.29 is 0 Å². The zero-order chi connectivity index (χ0) is 11.1. The summed E-state index contributed by atoms with van der Waals surface area (Å²) in [7, 11) is 2.15. The molecule has 0 unspecified atom stereocenters. The third-order valence-electron chi connectivity index (χ3n) is 2.91. The quantitative estimate of drug-likeness (QED) is 0.759. The Morgan fingerprint density at radius 3 is 2.73 bits per heavy atom. The van der Waals surface area contributed by atoms with E-state index in [0.717, 1.165) is 25.9 Å². The summed E-state index contributed by atoms with van der Waals surface area (Å²) < 4.78 is 2.29. The molecule has 0 atom stereocenters. The normalized spacial score (nSPS) is 16.5. The monoisotopic (exact) mass is 207 g/mol. The van der Waals surface area contributed by atoms with Gasteiger partial charge >= 0.3 is 0 Å². The average molecular weight is 207 g/mol. The minimum absolute atomic E-state index is 0.315. The highest BCUT2D eigenvalue weighted by atomic mass is 15.1. The van der Waals surface area contributed by atoms with Gasteiger partial charge in [-0.25, -0.2) is 4.98 Å². The van der Waals surface area contributed by atoms with Crippen LogP contribution in [-0.4, -0.2) is 16.1 Å². The van der Waals surface area contributed by atoms with Crippen molar-refractivity contribution in [1.29, 1.82) is 0 Å². The molecule has 0 amide bonds. The lowest BCUT2D eigenvalue weighted by molar-refractivity contribution is 0.395. The standard InChI is InChI=1S/C12H21N3/c1-12(2,3)7-11-14-9-8-13-6-5-10(9)15(11)4/h13H,5-8H2,1-4H3. The Bertz CT molecular complexity index is 358. The van der Waals surface area contributed by atoms with E-state index in [4.69, 9.17) is 4.98 Å². The van der Waals surface area contributed by atoms with Crippen LogP contribution in [0.3, 0.4) is 0 Å². The molecule has 0 saturated heterocycles. The second-order valence-electron chi connectivity index (χ2n) is 5.64. The van der Waals surface area contributed by atoms with Crippen LogP contribution in [0.25, 0.3) is 0 Å². The van der Waals surface area contributed by atoms with Crippen molar-refractivity contribution in [3.05, 3.63) is 17.2 Å². The summed E-state index contributed by atoms with van der Waals surface area (Å²) in [5.41, 5.74) is 2.99. The van der Waals surface area contributed by atoms with Crippen LogP contribution >= 0.6 is 0 Å². The van der Waals surface area contributed by atoms with Crippen LogP contribution in [0.5, 0.6) is 0 Å². The molecule has 15 heavy (non-hydrogen) atoms. The molecule has 1 N–H and O–H groups in total. The number of rotatable bonds is 1. The Hall–Kier alpha value is -0.830. The summed E-state index contributed by atoms with van der Waals surface area (Å²) in [6, 6.07) is 0. The first kappa shape index (κ1) is 10.7. The van der Waals surface area contributed by atoms with Crippen molar-refractivity contribution in [3.8, 4) is 0 Å². The number of fused-ring (bicyclic) bond motifs is 1. The van der Waals surface area contributed by atoms with Gasteiger partial charge < -0.3 is 9.88 Å². The van der Waals surface area contributed by atoms with Gasteiger partial charge in [-0.15, -0.1) is 0 Å². The van der Waals surface area contributed by atoms with Crippen LogP contribution in [0.1, 0.15) is 38.0 Å². The molecule has 0 bridgehead atoms. The smallest absolute Gasteiger partial charge is 0.109 e. The van der Waals surface area contributed by atoms with Crippen LogP contribution < -0.4 is 5.32 Å². The number of imidazole rings is 1. The topological polar surface area (TPSA) is 29.9 Å². The molecule has 0 fully saturated rings. The van der Waals surface area contributed by atoms with Crippen molar-refractivity contribution in [1.82, 2.24) is 14.9 Å².